The van der Waals surface area contributed by atoms with E-state index in [-0.39, 0.29) is 5.91 Å². The fourth-order valence-corrected chi connectivity index (χ4v) is 3.54. The first-order chi connectivity index (χ1) is 12.6. The summed E-state index contributed by atoms with van der Waals surface area (Å²) in [5.74, 6) is 0.769. The number of amides is 1. The standard InChI is InChI=1S/C20H21N3O2S/c1-4-23(19(24)17-9-7-6-8-14(17)3)20-22-21-18(26-20)15-10-12-16(13-11-15)25-5-2/h6-13H,4-5H2,1-3H3. The van der Waals surface area contributed by atoms with Crippen LogP contribution in [0.15, 0.2) is 48.5 Å². The van der Waals surface area contributed by atoms with Gasteiger partial charge in [0, 0.05) is 17.7 Å². The van der Waals surface area contributed by atoms with E-state index in [2.05, 4.69) is 10.2 Å². The molecule has 0 unspecified atom stereocenters. The molecule has 0 aliphatic rings. The van der Waals surface area contributed by atoms with Crippen molar-refractivity contribution >= 4 is 22.4 Å². The molecule has 26 heavy (non-hydrogen) atoms. The number of ether oxygens (including phenoxy) is 1. The molecule has 0 saturated carbocycles. The number of hydrogen-bond acceptors (Lipinski definition) is 5. The quantitative estimate of drug-likeness (QED) is 0.640. The second-order valence-electron chi connectivity index (χ2n) is 5.71. The summed E-state index contributed by atoms with van der Waals surface area (Å²) >= 11 is 1.41. The summed E-state index contributed by atoms with van der Waals surface area (Å²) in [6.07, 6.45) is 0. The summed E-state index contributed by atoms with van der Waals surface area (Å²) in [5, 5.41) is 9.88. The summed E-state index contributed by atoms with van der Waals surface area (Å²) in [7, 11) is 0. The van der Waals surface area contributed by atoms with Gasteiger partial charge in [0.05, 0.1) is 6.61 Å². The van der Waals surface area contributed by atoms with E-state index in [0.29, 0.717) is 23.8 Å². The van der Waals surface area contributed by atoms with Crippen molar-refractivity contribution in [2.75, 3.05) is 18.1 Å². The Morgan fingerprint density at radius 1 is 1.08 bits per heavy atom. The van der Waals surface area contributed by atoms with Crippen molar-refractivity contribution < 1.29 is 9.53 Å². The van der Waals surface area contributed by atoms with Crippen molar-refractivity contribution in [1.29, 1.82) is 0 Å². The highest BCUT2D eigenvalue weighted by Gasteiger charge is 2.21. The molecular weight excluding hydrogens is 346 g/mol. The molecule has 0 bridgehead atoms. The van der Waals surface area contributed by atoms with Crippen molar-refractivity contribution in [3.8, 4) is 16.3 Å². The van der Waals surface area contributed by atoms with E-state index in [4.69, 9.17) is 4.74 Å². The molecule has 0 radical (unpaired) electrons. The van der Waals surface area contributed by atoms with Crippen LogP contribution in [0.2, 0.25) is 0 Å². The van der Waals surface area contributed by atoms with Crippen molar-refractivity contribution in [2.24, 2.45) is 0 Å². The zero-order valence-electron chi connectivity index (χ0n) is 15.1. The van der Waals surface area contributed by atoms with Crippen molar-refractivity contribution in [3.63, 3.8) is 0 Å². The van der Waals surface area contributed by atoms with Gasteiger partial charge < -0.3 is 4.74 Å². The van der Waals surface area contributed by atoms with Crippen LogP contribution in [0.3, 0.4) is 0 Å². The van der Waals surface area contributed by atoms with E-state index in [9.17, 15) is 4.79 Å². The van der Waals surface area contributed by atoms with Gasteiger partial charge in [0.25, 0.3) is 5.91 Å². The molecule has 0 N–H and O–H groups in total. The summed E-state index contributed by atoms with van der Waals surface area (Å²) in [6, 6.07) is 15.3. The third kappa shape index (κ3) is 3.75. The van der Waals surface area contributed by atoms with Gasteiger partial charge in [0.1, 0.15) is 10.8 Å². The SMILES string of the molecule is CCOc1ccc(-c2nnc(N(CC)C(=O)c3ccccc3C)s2)cc1. The van der Waals surface area contributed by atoms with E-state index in [1.807, 2.05) is 69.3 Å². The fourth-order valence-electron chi connectivity index (χ4n) is 2.63. The van der Waals surface area contributed by atoms with Gasteiger partial charge in [0.15, 0.2) is 0 Å². The Labute approximate surface area is 157 Å². The first kappa shape index (κ1) is 18.1. The Bertz CT molecular complexity index is 890. The maximum atomic E-state index is 12.9. The lowest BCUT2D eigenvalue weighted by atomic mass is 10.1. The topological polar surface area (TPSA) is 55.3 Å². The molecule has 0 spiro atoms. The highest BCUT2D eigenvalue weighted by molar-refractivity contribution is 7.18. The van der Waals surface area contributed by atoms with Gasteiger partial charge in [-0.3, -0.25) is 9.69 Å². The number of rotatable bonds is 6. The van der Waals surface area contributed by atoms with Gasteiger partial charge in [-0.1, -0.05) is 29.5 Å². The number of aryl methyl sites for hydroxylation is 1. The molecule has 5 nitrogen and oxygen atoms in total. The minimum Gasteiger partial charge on any atom is -0.494 e. The van der Waals surface area contributed by atoms with Crippen LogP contribution in [0.5, 0.6) is 5.75 Å². The smallest absolute Gasteiger partial charge is 0.260 e. The van der Waals surface area contributed by atoms with E-state index in [1.54, 1.807) is 4.90 Å². The van der Waals surface area contributed by atoms with E-state index in [1.165, 1.54) is 11.3 Å². The zero-order valence-corrected chi connectivity index (χ0v) is 15.9. The van der Waals surface area contributed by atoms with Crippen LogP contribution in [-0.4, -0.2) is 29.3 Å². The van der Waals surface area contributed by atoms with Crippen LogP contribution in [-0.2, 0) is 0 Å². The number of benzene rings is 2. The Morgan fingerprint density at radius 2 is 1.81 bits per heavy atom. The predicted molar refractivity (Wildman–Crippen MR) is 105 cm³/mol. The normalized spacial score (nSPS) is 10.6. The lowest BCUT2D eigenvalue weighted by Crippen LogP contribution is -2.31. The number of carbonyl (C=O) groups is 1. The summed E-state index contributed by atoms with van der Waals surface area (Å²) in [4.78, 5) is 14.6. The minimum atomic E-state index is -0.0556. The molecule has 1 aromatic heterocycles. The second kappa shape index (κ2) is 8.10. The number of nitrogens with zero attached hydrogens (tertiary/aromatic N) is 3. The van der Waals surface area contributed by atoms with E-state index in [0.717, 1.165) is 21.9 Å². The molecule has 134 valence electrons. The maximum absolute atomic E-state index is 12.9. The molecule has 0 atom stereocenters. The monoisotopic (exact) mass is 367 g/mol. The number of carbonyl (C=O) groups excluding carboxylic acids is 1. The molecule has 0 fully saturated rings. The van der Waals surface area contributed by atoms with Crippen LogP contribution in [0.4, 0.5) is 5.13 Å². The molecule has 2 aromatic carbocycles. The van der Waals surface area contributed by atoms with E-state index < -0.39 is 0 Å². The van der Waals surface area contributed by atoms with Crippen LogP contribution >= 0.6 is 11.3 Å². The van der Waals surface area contributed by atoms with Gasteiger partial charge in [-0.15, -0.1) is 10.2 Å². The number of anilines is 1. The van der Waals surface area contributed by atoms with Gasteiger partial charge in [0.2, 0.25) is 5.13 Å². The van der Waals surface area contributed by atoms with Crippen LogP contribution < -0.4 is 9.64 Å². The fraction of sp³-hybridized carbons (Fsp3) is 0.250. The Balaban J connectivity index is 1.85. The average Bonchev–Trinajstić information content (AvgIpc) is 3.13. The molecule has 0 aliphatic carbocycles. The molecule has 3 aromatic rings. The number of hydrogen-bond donors (Lipinski definition) is 0. The van der Waals surface area contributed by atoms with Gasteiger partial charge in [-0.2, -0.15) is 0 Å². The Kier molecular flexibility index (Phi) is 5.63. The lowest BCUT2D eigenvalue weighted by Gasteiger charge is -2.18. The third-order valence-corrected chi connectivity index (χ3v) is 4.99. The highest BCUT2D eigenvalue weighted by atomic mass is 32.1. The predicted octanol–water partition coefficient (Wildman–Crippen LogP) is 4.58. The van der Waals surface area contributed by atoms with Crippen LogP contribution in [0.25, 0.3) is 10.6 Å². The molecule has 0 aliphatic heterocycles. The molecule has 6 heteroatoms. The first-order valence-corrected chi connectivity index (χ1v) is 9.40. The molecule has 0 saturated heterocycles. The first-order valence-electron chi connectivity index (χ1n) is 8.58. The van der Waals surface area contributed by atoms with Crippen molar-refractivity contribution in [1.82, 2.24) is 10.2 Å². The third-order valence-electron chi connectivity index (χ3n) is 3.99. The largest absolute Gasteiger partial charge is 0.494 e. The maximum Gasteiger partial charge on any atom is 0.260 e. The Morgan fingerprint density at radius 3 is 2.46 bits per heavy atom. The minimum absolute atomic E-state index is 0.0556. The van der Waals surface area contributed by atoms with Crippen LogP contribution in [0, 0.1) is 6.92 Å². The van der Waals surface area contributed by atoms with Gasteiger partial charge in [-0.25, -0.2) is 0 Å². The molecule has 1 amide bonds. The molecule has 3 rings (SSSR count). The summed E-state index contributed by atoms with van der Waals surface area (Å²) in [5.41, 5.74) is 2.59. The zero-order chi connectivity index (χ0) is 18.5. The summed E-state index contributed by atoms with van der Waals surface area (Å²) in [6.45, 7) is 7.00. The van der Waals surface area contributed by atoms with E-state index >= 15 is 0 Å². The second-order valence-corrected chi connectivity index (χ2v) is 6.67. The number of aromatic nitrogens is 2. The summed E-state index contributed by atoms with van der Waals surface area (Å²) < 4.78 is 5.46. The van der Waals surface area contributed by atoms with Gasteiger partial charge >= 0.3 is 0 Å². The average molecular weight is 367 g/mol. The Hall–Kier alpha value is -2.73. The van der Waals surface area contributed by atoms with Crippen LogP contribution in [0.1, 0.15) is 29.8 Å². The molecule has 1 heterocycles. The highest BCUT2D eigenvalue weighted by Crippen LogP contribution is 2.30. The van der Waals surface area contributed by atoms with Gasteiger partial charge in [-0.05, 0) is 56.7 Å². The lowest BCUT2D eigenvalue weighted by molar-refractivity contribution is 0.0987. The molecular formula is C20H21N3O2S. The van der Waals surface area contributed by atoms with Crippen molar-refractivity contribution in [3.05, 3.63) is 59.7 Å². The van der Waals surface area contributed by atoms with Crippen molar-refractivity contribution in [2.45, 2.75) is 20.8 Å².